The van der Waals surface area contributed by atoms with Crippen molar-refractivity contribution in [3.05, 3.63) is 59.4 Å². The van der Waals surface area contributed by atoms with Crippen LogP contribution in [0, 0.1) is 11.7 Å². The summed E-state index contributed by atoms with van der Waals surface area (Å²) in [6.45, 7) is 4.51. The molecule has 1 N–H and O–H groups in total. The van der Waals surface area contributed by atoms with Crippen LogP contribution < -0.4 is 10.2 Å². The minimum Gasteiger partial charge on any atom is -0.377 e. The van der Waals surface area contributed by atoms with E-state index < -0.39 is 5.82 Å². The molecule has 0 atom stereocenters. The van der Waals surface area contributed by atoms with Crippen LogP contribution in [0.15, 0.2) is 42.5 Å². The number of hydrogen-bond donors (Lipinski definition) is 1. The van der Waals surface area contributed by atoms with Gasteiger partial charge in [0.05, 0.1) is 0 Å². The van der Waals surface area contributed by atoms with E-state index in [2.05, 4.69) is 5.32 Å². The van der Waals surface area contributed by atoms with Gasteiger partial charge in [-0.05, 0) is 68.7 Å². The fraction of sp³-hybridized carbons (Fsp3) is 0.391. The van der Waals surface area contributed by atoms with Gasteiger partial charge in [0.2, 0.25) is 5.91 Å². The minimum absolute atomic E-state index is 0.0867. The van der Waals surface area contributed by atoms with E-state index in [-0.39, 0.29) is 29.3 Å². The Hall–Kier alpha value is -2.89. The standard InChI is InChI=1S/C23H28FN3O2/c1-15(2)27(23(29)16-8-9-16)14-18-13-20(10-11-21(18)26(3)4)25-22(28)17-6-5-7-19(24)12-17/h5-7,10-13,15-16H,8-9,14H2,1-4H3,(H,25,28). The van der Waals surface area contributed by atoms with Crippen molar-refractivity contribution < 1.29 is 14.0 Å². The lowest BCUT2D eigenvalue weighted by Gasteiger charge is -2.29. The lowest BCUT2D eigenvalue weighted by molar-refractivity contribution is -0.134. The molecule has 0 radical (unpaired) electrons. The van der Waals surface area contributed by atoms with E-state index in [0.29, 0.717) is 12.2 Å². The van der Waals surface area contributed by atoms with Gasteiger partial charge < -0.3 is 15.1 Å². The number of benzene rings is 2. The Balaban J connectivity index is 1.85. The summed E-state index contributed by atoms with van der Waals surface area (Å²) in [5, 5.41) is 2.83. The van der Waals surface area contributed by atoms with E-state index in [9.17, 15) is 14.0 Å². The highest BCUT2D eigenvalue weighted by Gasteiger charge is 2.34. The highest BCUT2D eigenvalue weighted by atomic mass is 19.1. The van der Waals surface area contributed by atoms with Crippen LogP contribution in [0.1, 0.15) is 42.6 Å². The van der Waals surface area contributed by atoms with Crippen LogP contribution in [-0.4, -0.2) is 36.9 Å². The molecule has 0 aromatic heterocycles. The second kappa shape index (κ2) is 8.64. The number of amides is 2. The predicted octanol–water partition coefficient (Wildman–Crippen LogP) is 4.29. The van der Waals surface area contributed by atoms with Crippen LogP contribution in [0.25, 0.3) is 0 Å². The minimum atomic E-state index is -0.451. The summed E-state index contributed by atoms with van der Waals surface area (Å²) in [7, 11) is 3.90. The predicted molar refractivity (Wildman–Crippen MR) is 114 cm³/mol. The van der Waals surface area contributed by atoms with E-state index >= 15 is 0 Å². The highest BCUT2D eigenvalue weighted by molar-refractivity contribution is 6.04. The van der Waals surface area contributed by atoms with Crippen LogP contribution >= 0.6 is 0 Å². The first kappa shape index (κ1) is 20.8. The van der Waals surface area contributed by atoms with Crippen molar-refractivity contribution in [1.29, 1.82) is 0 Å². The molecule has 1 fully saturated rings. The maximum atomic E-state index is 13.4. The van der Waals surface area contributed by atoms with Gasteiger partial charge in [-0.25, -0.2) is 4.39 Å². The third-order valence-corrected chi connectivity index (χ3v) is 5.08. The van der Waals surface area contributed by atoms with Crippen LogP contribution in [-0.2, 0) is 11.3 Å². The van der Waals surface area contributed by atoms with Gasteiger partial charge in [0, 0.05) is 49.5 Å². The smallest absolute Gasteiger partial charge is 0.255 e. The number of rotatable bonds is 7. The number of halogens is 1. The molecule has 154 valence electrons. The summed E-state index contributed by atoms with van der Waals surface area (Å²) in [5.41, 5.74) is 2.82. The zero-order valence-electron chi connectivity index (χ0n) is 17.4. The molecule has 5 nitrogen and oxygen atoms in total. The molecule has 6 heteroatoms. The van der Waals surface area contributed by atoms with Crippen molar-refractivity contribution in [2.45, 2.75) is 39.3 Å². The molecule has 0 heterocycles. The number of hydrogen-bond acceptors (Lipinski definition) is 3. The zero-order chi connectivity index (χ0) is 21.1. The summed E-state index contributed by atoms with van der Waals surface area (Å²) < 4.78 is 13.4. The zero-order valence-corrected chi connectivity index (χ0v) is 17.4. The average molecular weight is 397 g/mol. The van der Waals surface area contributed by atoms with Crippen molar-refractivity contribution in [3.63, 3.8) is 0 Å². The van der Waals surface area contributed by atoms with Gasteiger partial charge >= 0.3 is 0 Å². The van der Waals surface area contributed by atoms with Gasteiger partial charge in [-0.15, -0.1) is 0 Å². The molecular weight excluding hydrogens is 369 g/mol. The third-order valence-electron chi connectivity index (χ3n) is 5.08. The van der Waals surface area contributed by atoms with Gasteiger partial charge in [0.25, 0.3) is 5.91 Å². The van der Waals surface area contributed by atoms with E-state index in [1.165, 1.54) is 18.2 Å². The van der Waals surface area contributed by atoms with E-state index in [4.69, 9.17) is 0 Å². The number of carbonyl (C=O) groups excluding carboxylic acids is 2. The summed E-state index contributed by atoms with van der Waals surface area (Å²) in [5.74, 6) is -0.481. The Morgan fingerprint density at radius 2 is 1.86 bits per heavy atom. The summed E-state index contributed by atoms with van der Waals surface area (Å²) in [6, 6.07) is 11.3. The average Bonchev–Trinajstić information content (AvgIpc) is 3.50. The van der Waals surface area contributed by atoms with Crippen molar-refractivity contribution in [3.8, 4) is 0 Å². The lowest BCUT2D eigenvalue weighted by atomic mass is 10.1. The Kier molecular flexibility index (Phi) is 6.20. The first-order valence-electron chi connectivity index (χ1n) is 9.94. The molecule has 29 heavy (non-hydrogen) atoms. The molecule has 0 unspecified atom stereocenters. The maximum Gasteiger partial charge on any atom is 0.255 e. The topological polar surface area (TPSA) is 52.7 Å². The molecular formula is C23H28FN3O2. The normalized spacial score (nSPS) is 13.3. The Labute approximate surface area is 171 Å². The third kappa shape index (κ3) is 5.13. The quantitative estimate of drug-likeness (QED) is 0.758. The lowest BCUT2D eigenvalue weighted by Crippen LogP contribution is -2.37. The Morgan fingerprint density at radius 3 is 2.45 bits per heavy atom. The first-order valence-corrected chi connectivity index (χ1v) is 9.94. The molecule has 0 spiro atoms. The highest BCUT2D eigenvalue weighted by Crippen LogP contribution is 2.33. The molecule has 0 saturated heterocycles. The first-order chi connectivity index (χ1) is 13.8. The largest absolute Gasteiger partial charge is 0.377 e. The van der Waals surface area contributed by atoms with Gasteiger partial charge in [-0.3, -0.25) is 9.59 Å². The summed E-state index contributed by atoms with van der Waals surface area (Å²) in [6.07, 6.45) is 1.93. The maximum absolute atomic E-state index is 13.4. The van der Waals surface area contributed by atoms with Crippen LogP contribution in [0.5, 0.6) is 0 Å². The number of anilines is 2. The Morgan fingerprint density at radius 1 is 1.14 bits per heavy atom. The molecule has 2 aromatic rings. The second-order valence-corrected chi connectivity index (χ2v) is 8.04. The van der Waals surface area contributed by atoms with E-state index in [0.717, 1.165) is 24.1 Å². The SMILES string of the molecule is CC(C)N(Cc1cc(NC(=O)c2cccc(F)c2)ccc1N(C)C)C(=O)C1CC1. The molecule has 2 amide bonds. The second-order valence-electron chi connectivity index (χ2n) is 8.04. The molecule has 0 aliphatic heterocycles. The van der Waals surface area contributed by atoms with Crippen LogP contribution in [0.4, 0.5) is 15.8 Å². The van der Waals surface area contributed by atoms with Crippen molar-refractivity contribution in [2.75, 3.05) is 24.3 Å². The van der Waals surface area contributed by atoms with Gasteiger partial charge in [0.1, 0.15) is 5.82 Å². The molecule has 0 bridgehead atoms. The number of nitrogens with one attached hydrogen (secondary N) is 1. The molecule has 1 aliphatic carbocycles. The van der Waals surface area contributed by atoms with Gasteiger partial charge in [-0.1, -0.05) is 6.07 Å². The molecule has 1 saturated carbocycles. The van der Waals surface area contributed by atoms with Crippen molar-refractivity contribution in [2.24, 2.45) is 5.92 Å². The van der Waals surface area contributed by atoms with Crippen LogP contribution in [0.3, 0.4) is 0 Å². The van der Waals surface area contributed by atoms with Gasteiger partial charge in [-0.2, -0.15) is 0 Å². The Bertz CT molecular complexity index is 907. The molecule has 2 aromatic carbocycles. The van der Waals surface area contributed by atoms with Crippen LogP contribution in [0.2, 0.25) is 0 Å². The van der Waals surface area contributed by atoms with E-state index in [1.54, 1.807) is 6.07 Å². The molecule has 1 aliphatic rings. The fourth-order valence-corrected chi connectivity index (χ4v) is 3.32. The van der Waals surface area contributed by atoms with Crippen molar-refractivity contribution >= 4 is 23.2 Å². The van der Waals surface area contributed by atoms with E-state index in [1.807, 2.05) is 55.9 Å². The monoisotopic (exact) mass is 397 g/mol. The summed E-state index contributed by atoms with van der Waals surface area (Å²) >= 11 is 0. The van der Waals surface area contributed by atoms with Crippen molar-refractivity contribution in [1.82, 2.24) is 4.90 Å². The fourth-order valence-electron chi connectivity index (χ4n) is 3.32. The number of carbonyl (C=O) groups is 2. The molecule has 3 rings (SSSR count). The van der Waals surface area contributed by atoms with Gasteiger partial charge in [0.15, 0.2) is 0 Å². The summed E-state index contributed by atoms with van der Waals surface area (Å²) in [4.78, 5) is 29.1. The number of nitrogens with zero attached hydrogens (tertiary/aromatic N) is 2.